The molecule has 0 saturated carbocycles. The number of rotatable bonds is 5. The standard InChI is InChI=1S/C62H43N/c1-61(2)49-32-15-11-28-46(49)59-45-27-10-9-26-44(45)57(39-54(59)61)63(55-37-18-14-25-42(55)40-21-5-3-6-22-40)56-38-20-36-53-60(56)48-30-13-17-34-51(48)62(53)50-33-16-12-29-47(50)58-43(31-19-35-52(58)62)41-23-7-4-8-24-41/h3-39H,1-2H3. The fourth-order valence-corrected chi connectivity index (χ4v) is 11.9. The fourth-order valence-electron chi connectivity index (χ4n) is 11.9. The van der Waals surface area contributed by atoms with Crippen LogP contribution >= 0.6 is 0 Å². The molecule has 0 aromatic heterocycles. The van der Waals surface area contributed by atoms with E-state index in [-0.39, 0.29) is 5.41 Å². The van der Waals surface area contributed by atoms with Crippen molar-refractivity contribution in [3.05, 3.63) is 258 Å². The monoisotopic (exact) mass is 801 g/mol. The summed E-state index contributed by atoms with van der Waals surface area (Å²) in [7, 11) is 0. The largest absolute Gasteiger partial charge is 0.309 e. The van der Waals surface area contributed by atoms with Crippen LogP contribution in [0.15, 0.2) is 224 Å². The molecule has 0 fully saturated rings. The molecule has 63 heavy (non-hydrogen) atoms. The zero-order chi connectivity index (χ0) is 41.9. The van der Waals surface area contributed by atoms with Crippen molar-refractivity contribution in [1.82, 2.24) is 0 Å². The zero-order valence-corrected chi connectivity index (χ0v) is 35.3. The molecule has 1 spiro atoms. The lowest BCUT2D eigenvalue weighted by molar-refractivity contribution is 0.661. The van der Waals surface area contributed by atoms with Crippen molar-refractivity contribution >= 4 is 27.8 Å². The highest BCUT2D eigenvalue weighted by atomic mass is 15.2. The second kappa shape index (κ2) is 13.4. The van der Waals surface area contributed by atoms with Crippen molar-refractivity contribution in [2.45, 2.75) is 24.7 Å². The quantitative estimate of drug-likeness (QED) is 0.168. The summed E-state index contributed by atoms with van der Waals surface area (Å²) >= 11 is 0. The summed E-state index contributed by atoms with van der Waals surface area (Å²) in [5.74, 6) is 0. The van der Waals surface area contributed by atoms with Crippen LogP contribution in [-0.4, -0.2) is 0 Å². The lowest BCUT2D eigenvalue weighted by atomic mass is 9.70. The number of hydrogen-bond donors (Lipinski definition) is 0. The summed E-state index contributed by atoms with van der Waals surface area (Å²) in [5.41, 5.74) is 23.6. The summed E-state index contributed by atoms with van der Waals surface area (Å²) < 4.78 is 0. The maximum atomic E-state index is 2.61. The van der Waals surface area contributed by atoms with Crippen LogP contribution in [0.4, 0.5) is 17.1 Å². The average Bonchev–Trinajstić information content (AvgIpc) is 3.91. The second-order valence-electron chi connectivity index (χ2n) is 17.9. The molecular formula is C62H43N. The van der Waals surface area contributed by atoms with E-state index < -0.39 is 5.41 Å². The Morgan fingerprint density at radius 3 is 1.41 bits per heavy atom. The van der Waals surface area contributed by atoms with Crippen molar-refractivity contribution < 1.29 is 0 Å². The Morgan fingerprint density at radius 1 is 0.286 bits per heavy atom. The molecule has 13 rings (SSSR count). The van der Waals surface area contributed by atoms with Crippen LogP contribution in [-0.2, 0) is 10.8 Å². The third-order valence-corrected chi connectivity index (χ3v) is 14.5. The van der Waals surface area contributed by atoms with Crippen LogP contribution in [0, 0.1) is 0 Å². The van der Waals surface area contributed by atoms with E-state index in [1.807, 2.05) is 0 Å². The first-order valence-electron chi connectivity index (χ1n) is 22.2. The van der Waals surface area contributed by atoms with Gasteiger partial charge in [-0.05, 0) is 101 Å². The van der Waals surface area contributed by atoms with E-state index in [1.165, 1.54) is 111 Å². The van der Waals surface area contributed by atoms with Crippen molar-refractivity contribution in [2.75, 3.05) is 4.90 Å². The number of hydrogen-bond acceptors (Lipinski definition) is 1. The van der Waals surface area contributed by atoms with Gasteiger partial charge in [0.05, 0.1) is 22.5 Å². The zero-order valence-electron chi connectivity index (χ0n) is 35.3. The Hall–Kier alpha value is -7.74. The Balaban J connectivity index is 1.16. The highest BCUT2D eigenvalue weighted by molar-refractivity contribution is 6.12. The van der Waals surface area contributed by atoms with Crippen molar-refractivity contribution in [3.63, 3.8) is 0 Å². The molecule has 1 nitrogen and oxygen atoms in total. The van der Waals surface area contributed by atoms with E-state index in [0.717, 1.165) is 5.69 Å². The van der Waals surface area contributed by atoms with Crippen LogP contribution in [0.25, 0.3) is 66.4 Å². The Bertz CT molecular complexity index is 3490. The topological polar surface area (TPSA) is 3.24 Å². The lowest BCUT2D eigenvalue weighted by Gasteiger charge is -2.34. The number of para-hydroxylation sites is 1. The molecule has 1 heteroatoms. The van der Waals surface area contributed by atoms with Crippen LogP contribution in [0.2, 0.25) is 0 Å². The third kappa shape index (κ3) is 4.82. The average molecular weight is 802 g/mol. The Kier molecular flexibility index (Phi) is 7.64. The first-order chi connectivity index (χ1) is 31.1. The molecule has 1 unspecified atom stereocenters. The van der Waals surface area contributed by atoms with Crippen molar-refractivity contribution in [2.24, 2.45) is 0 Å². The van der Waals surface area contributed by atoms with E-state index in [4.69, 9.17) is 0 Å². The normalized spacial score (nSPS) is 15.7. The maximum Gasteiger partial charge on any atom is 0.0726 e. The summed E-state index contributed by atoms with van der Waals surface area (Å²) in [6.07, 6.45) is 0. The second-order valence-corrected chi connectivity index (χ2v) is 17.9. The molecule has 0 radical (unpaired) electrons. The molecule has 296 valence electrons. The van der Waals surface area contributed by atoms with Gasteiger partial charge in [0.1, 0.15) is 0 Å². The molecular weight excluding hydrogens is 759 g/mol. The summed E-state index contributed by atoms with van der Waals surface area (Å²) in [5, 5.41) is 2.51. The fraction of sp³-hybridized carbons (Fsp3) is 0.0645. The first kappa shape index (κ1) is 36.0. The minimum atomic E-state index is -0.521. The van der Waals surface area contributed by atoms with E-state index in [2.05, 4.69) is 243 Å². The predicted molar refractivity (Wildman–Crippen MR) is 263 cm³/mol. The maximum absolute atomic E-state index is 2.61. The van der Waals surface area contributed by atoms with Gasteiger partial charge >= 0.3 is 0 Å². The van der Waals surface area contributed by atoms with Crippen LogP contribution in [0.5, 0.6) is 0 Å². The molecule has 0 N–H and O–H groups in total. The Labute approximate surface area is 369 Å². The van der Waals surface area contributed by atoms with Crippen LogP contribution in [0.3, 0.4) is 0 Å². The number of benzene rings is 10. The smallest absolute Gasteiger partial charge is 0.0726 e. The molecule has 0 amide bonds. The van der Waals surface area contributed by atoms with Gasteiger partial charge in [-0.25, -0.2) is 0 Å². The van der Waals surface area contributed by atoms with Gasteiger partial charge in [0.15, 0.2) is 0 Å². The van der Waals surface area contributed by atoms with Gasteiger partial charge in [-0.1, -0.05) is 220 Å². The summed E-state index contributed by atoms with van der Waals surface area (Å²) in [6, 6.07) is 84.0. The highest BCUT2D eigenvalue weighted by Crippen LogP contribution is 2.66. The van der Waals surface area contributed by atoms with E-state index >= 15 is 0 Å². The van der Waals surface area contributed by atoms with Gasteiger partial charge in [-0.15, -0.1) is 0 Å². The van der Waals surface area contributed by atoms with Crippen LogP contribution < -0.4 is 4.90 Å². The lowest BCUT2D eigenvalue weighted by Crippen LogP contribution is -2.26. The molecule has 3 aliphatic carbocycles. The molecule has 0 bridgehead atoms. The van der Waals surface area contributed by atoms with Gasteiger partial charge in [-0.3, -0.25) is 0 Å². The third-order valence-electron chi connectivity index (χ3n) is 14.5. The first-order valence-corrected chi connectivity index (χ1v) is 22.2. The molecule has 0 saturated heterocycles. The molecule has 10 aromatic rings. The van der Waals surface area contributed by atoms with E-state index in [1.54, 1.807) is 0 Å². The van der Waals surface area contributed by atoms with E-state index in [9.17, 15) is 0 Å². The van der Waals surface area contributed by atoms with Crippen molar-refractivity contribution in [3.8, 4) is 55.6 Å². The highest BCUT2D eigenvalue weighted by Gasteiger charge is 2.53. The Morgan fingerprint density at radius 2 is 0.730 bits per heavy atom. The summed E-state index contributed by atoms with van der Waals surface area (Å²) in [4.78, 5) is 2.61. The molecule has 0 heterocycles. The van der Waals surface area contributed by atoms with Gasteiger partial charge in [0.25, 0.3) is 0 Å². The van der Waals surface area contributed by atoms with Gasteiger partial charge < -0.3 is 4.90 Å². The van der Waals surface area contributed by atoms with Crippen molar-refractivity contribution in [1.29, 1.82) is 0 Å². The minimum Gasteiger partial charge on any atom is -0.309 e. The van der Waals surface area contributed by atoms with Gasteiger partial charge in [-0.2, -0.15) is 0 Å². The molecule has 3 aliphatic rings. The predicted octanol–water partition coefficient (Wildman–Crippen LogP) is 16.3. The SMILES string of the molecule is CC1(C)c2ccccc2-c2c1cc(N(c1ccccc1-c1ccccc1)c1cccc3c1-c1ccccc1C31c3ccccc3-c3c(-c4ccccc4)cccc31)c1ccccc21. The number of nitrogens with zero attached hydrogens (tertiary/aromatic N) is 1. The minimum absolute atomic E-state index is 0.196. The molecule has 1 atom stereocenters. The number of anilines is 3. The van der Waals surface area contributed by atoms with Crippen LogP contribution in [0.1, 0.15) is 47.2 Å². The summed E-state index contributed by atoms with van der Waals surface area (Å²) in [6.45, 7) is 4.80. The van der Waals surface area contributed by atoms with Gasteiger partial charge in [0.2, 0.25) is 0 Å². The van der Waals surface area contributed by atoms with Gasteiger partial charge in [0, 0.05) is 21.9 Å². The molecule has 10 aromatic carbocycles. The van der Waals surface area contributed by atoms with E-state index in [0.29, 0.717) is 0 Å². The molecule has 0 aliphatic heterocycles. The number of fused-ring (bicyclic) bond motifs is 15.